The van der Waals surface area contributed by atoms with Crippen LogP contribution in [0.1, 0.15) is 17.3 Å². The molecule has 0 radical (unpaired) electrons. The summed E-state index contributed by atoms with van der Waals surface area (Å²) in [5.74, 6) is -0.358. The molecule has 2 aromatic rings. The molecule has 0 fully saturated rings. The first-order chi connectivity index (χ1) is 9.54. The molecule has 102 valence electrons. The molecule has 0 atom stereocenters. The van der Waals surface area contributed by atoms with Crippen molar-refractivity contribution in [3.05, 3.63) is 52.8 Å². The molecular weight excluding hydrogens is 322 g/mol. The summed E-state index contributed by atoms with van der Waals surface area (Å²) >= 11 is 3.22. The van der Waals surface area contributed by atoms with Gasteiger partial charge in [-0.15, -0.1) is 0 Å². The number of hydrogen-bond donors (Lipinski definition) is 2. The number of aromatic nitrogens is 1. The van der Waals surface area contributed by atoms with Crippen LogP contribution in [-0.4, -0.2) is 16.8 Å². The first-order valence-electron chi connectivity index (χ1n) is 5.85. The minimum atomic E-state index is -0.222. The third-order valence-electron chi connectivity index (χ3n) is 2.45. The van der Waals surface area contributed by atoms with Gasteiger partial charge in [-0.25, -0.2) is 4.98 Å². The van der Waals surface area contributed by atoms with Gasteiger partial charge in [-0.05, 0) is 52.3 Å². The molecule has 6 heteroatoms. The number of nitrogens with zero attached hydrogens (tertiary/aromatic N) is 1. The number of pyridine rings is 1. The lowest BCUT2D eigenvalue weighted by atomic mass is 10.2. The molecule has 0 unspecified atom stereocenters. The Hall–Kier alpha value is -2.21. The fourth-order valence-electron chi connectivity index (χ4n) is 1.59. The average Bonchev–Trinajstić information content (AvgIpc) is 2.40. The molecule has 1 aromatic heterocycles. The molecule has 1 heterocycles. The number of nitrogens with one attached hydrogen (secondary N) is 2. The summed E-state index contributed by atoms with van der Waals surface area (Å²) in [6.07, 6.45) is 1.55. The number of halogens is 1. The summed E-state index contributed by atoms with van der Waals surface area (Å²) in [4.78, 5) is 26.9. The van der Waals surface area contributed by atoms with Gasteiger partial charge in [0.05, 0.1) is 0 Å². The second-order valence-electron chi connectivity index (χ2n) is 4.08. The Kier molecular flexibility index (Phi) is 4.47. The molecule has 2 amide bonds. The molecule has 2 rings (SSSR count). The number of carbonyl (C=O) groups excluding carboxylic acids is 2. The Morgan fingerprint density at radius 3 is 2.20 bits per heavy atom. The van der Waals surface area contributed by atoms with Crippen LogP contribution in [0, 0.1) is 0 Å². The van der Waals surface area contributed by atoms with Crippen LogP contribution >= 0.6 is 15.9 Å². The molecule has 0 saturated carbocycles. The van der Waals surface area contributed by atoms with E-state index in [-0.39, 0.29) is 11.8 Å². The van der Waals surface area contributed by atoms with Gasteiger partial charge in [0.15, 0.2) is 0 Å². The smallest absolute Gasteiger partial charge is 0.255 e. The lowest BCUT2D eigenvalue weighted by Crippen LogP contribution is -2.12. The zero-order valence-corrected chi connectivity index (χ0v) is 12.3. The van der Waals surface area contributed by atoms with Gasteiger partial charge < -0.3 is 10.6 Å². The molecule has 0 aliphatic rings. The van der Waals surface area contributed by atoms with E-state index in [4.69, 9.17) is 0 Å². The zero-order chi connectivity index (χ0) is 14.5. The monoisotopic (exact) mass is 333 g/mol. The van der Waals surface area contributed by atoms with Gasteiger partial charge in [-0.1, -0.05) is 0 Å². The second-order valence-corrected chi connectivity index (χ2v) is 4.89. The number of rotatable bonds is 3. The lowest BCUT2D eigenvalue weighted by Gasteiger charge is -2.07. The van der Waals surface area contributed by atoms with Crippen molar-refractivity contribution in [1.82, 2.24) is 4.98 Å². The number of hydrogen-bond acceptors (Lipinski definition) is 3. The van der Waals surface area contributed by atoms with Crippen LogP contribution in [-0.2, 0) is 4.79 Å². The van der Waals surface area contributed by atoms with E-state index in [1.54, 1.807) is 42.6 Å². The Morgan fingerprint density at radius 1 is 1.05 bits per heavy atom. The summed E-state index contributed by atoms with van der Waals surface area (Å²) in [6.45, 7) is 1.44. The van der Waals surface area contributed by atoms with Gasteiger partial charge in [0.25, 0.3) is 5.91 Å². The molecule has 2 N–H and O–H groups in total. The van der Waals surface area contributed by atoms with Crippen molar-refractivity contribution in [2.75, 3.05) is 10.6 Å². The summed E-state index contributed by atoms with van der Waals surface area (Å²) in [5, 5.41) is 5.42. The largest absolute Gasteiger partial charge is 0.326 e. The predicted molar refractivity (Wildman–Crippen MR) is 80.6 cm³/mol. The highest BCUT2D eigenvalue weighted by Crippen LogP contribution is 2.15. The minimum Gasteiger partial charge on any atom is -0.326 e. The van der Waals surface area contributed by atoms with E-state index in [0.717, 1.165) is 0 Å². The van der Waals surface area contributed by atoms with E-state index in [2.05, 4.69) is 31.5 Å². The molecule has 0 saturated heterocycles. The molecular formula is C14H12BrN3O2. The van der Waals surface area contributed by atoms with E-state index in [1.807, 2.05) is 0 Å². The molecule has 20 heavy (non-hydrogen) atoms. The third kappa shape index (κ3) is 3.89. The normalized spacial score (nSPS) is 9.90. The van der Waals surface area contributed by atoms with Crippen molar-refractivity contribution in [3.63, 3.8) is 0 Å². The number of benzene rings is 1. The van der Waals surface area contributed by atoms with Gasteiger partial charge in [-0.3, -0.25) is 9.59 Å². The Morgan fingerprint density at radius 2 is 1.65 bits per heavy atom. The highest BCUT2D eigenvalue weighted by Gasteiger charge is 2.06. The number of amides is 2. The topological polar surface area (TPSA) is 71.1 Å². The Bertz CT molecular complexity index is 641. The van der Waals surface area contributed by atoms with Crippen molar-refractivity contribution in [2.24, 2.45) is 0 Å². The third-order valence-corrected chi connectivity index (χ3v) is 2.89. The highest BCUT2D eigenvalue weighted by molar-refractivity contribution is 9.10. The van der Waals surface area contributed by atoms with Crippen molar-refractivity contribution in [3.8, 4) is 0 Å². The van der Waals surface area contributed by atoms with E-state index in [9.17, 15) is 9.59 Å². The van der Waals surface area contributed by atoms with E-state index >= 15 is 0 Å². The maximum atomic E-state index is 12.0. The van der Waals surface area contributed by atoms with Crippen LogP contribution in [0.15, 0.2) is 47.2 Å². The van der Waals surface area contributed by atoms with Gasteiger partial charge in [0, 0.05) is 30.1 Å². The van der Waals surface area contributed by atoms with Crippen LogP contribution < -0.4 is 10.6 Å². The van der Waals surface area contributed by atoms with Gasteiger partial charge >= 0.3 is 0 Å². The number of carbonyl (C=O) groups is 2. The predicted octanol–water partition coefficient (Wildman–Crippen LogP) is 3.05. The standard InChI is InChI=1S/C14H12BrN3O2/c1-9(19)17-11-2-4-12(5-3-11)18-14(20)10-6-7-16-13(15)8-10/h2-8H,1H3,(H,17,19)(H,18,20). The fraction of sp³-hybridized carbons (Fsp3) is 0.0714. The number of anilines is 2. The second kappa shape index (κ2) is 6.29. The van der Waals surface area contributed by atoms with E-state index < -0.39 is 0 Å². The average molecular weight is 334 g/mol. The summed E-state index contributed by atoms with van der Waals surface area (Å²) in [7, 11) is 0. The van der Waals surface area contributed by atoms with E-state index in [1.165, 1.54) is 6.92 Å². The maximum absolute atomic E-state index is 12.0. The van der Waals surface area contributed by atoms with Crippen LogP contribution in [0.3, 0.4) is 0 Å². The van der Waals surface area contributed by atoms with E-state index in [0.29, 0.717) is 21.5 Å². The van der Waals surface area contributed by atoms with Gasteiger partial charge in [0.2, 0.25) is 5.91 Å². The van der Waals surface area contributed by atoms with Crippen molar-refractivity contribution < 1.29 is 9.59 Å². The first kappa shape index (κ1) is 14.2. The molecule has 0 spiro atoms. The van der Waals surface area contributed by atoms with Crippen molar-refractivity contribution >= 4 is 39.1 Å². The Balaban J connectivity index is 2.06. The van der Waals surface area contributed by atoms with Gasteiger partial charge in [0.1, 0.15) is 4.60 Å². The molecule has 0 bridgehead atoms. The highest BCUT2D eigenvalue weighted by atomic mass is 79.9. The quantitative estimate of drug-likeness (QED) is 0.848. The minimum absolute atomic E-state index is 0.136. The zero-order valence-electron chi connectivity index (χ0n) is 10.7. The summed E-state index contributed by atoms with van der Waals surface area (Å²) < 4.78 is 0.603. The molecule has 0 aliphatic heterocycles. The van der Waals surface area contributed by atoms with Crippen LogP contribution in [0.5, 0.6) is 0 Å². The SMILES string of the molecule is CC(=O)Nc1ccc(NC(=O)c2ccnc(Br)c2)cc1. The fourth-order valence-corrected chi connectivity index (χ4v) is 1.95. The van der Waals surface area contributed by atoms with Crippen LogP contribution in [0.2, 0.25) is 0 Å². The lowest BCUT2D eigenvalue weighted by molar-refractivity contribution is -0.114. The van der Waals surface area contributed by atoms with Crippen molar-refractivity contribution in [2.45, 2.75) is 6.92 Å². The maximum Gasteiger partial charge on any atom is 0.255 e. The van der Waals surface area contributed by atoms with Crippen molar-refractivity contribution in [1.29, 1.82) is 0 Å². The molecule has 0 aliphatic carbocycles. The molecule has 5 nitrogen and oxygen atoms in total. The summed E-state index contributed by atoms with van der Waals surface area (Å²) in [6, 6.07) is 10.2. The van der Waals surface area contributed by atoms with Crippen LogP contribution in [0.25, 0.3) is 0 Å². The van der Waals surface area contributed by atoms with Gasteiger partial charge in [-0.2, -0.15) is 0 Å². The summed E-state index contributed by atoms with van der Waals surface area (Å²) in [5.41, 5.74) is 1.84. The van der Waals surface area contributed by atoms with Crippen LogP contribution in [0.4, 0.5) is 11.4 Å². The molecule has 1 aromatic carbocycles. The Labute approximate surface area is 124 Å². The first-order valence-corrected chi connectivity index (χ1v) is 6.64.